The van der Waals surface area contributed by atoms with Gasteiger partial charge in [0, 0.05) is 0 Å². The van der Waals surface area contributed by atoms with E-state index >= 15 is 0 Å². The molecule has 0 aromatic heterocycles. The van der Waals surface area contributed by atoms with Gasteiger partial charge in [0.15, 0.2) is 0 Å². The molecule has 0 saturated heterocycles. The fourth-order valence-corrected chi connectivity index (χ4v) is 2.03. The van der Waals surface area contributed by atoms with Gasteiger partial charge in [-0.15, -0.1) is 0 Å². The van der Waals surface area contributed by atoms with Gasteiger partial charge in [-0.2, -0.15) is 13.2 Å². The highest BCUT2D eigenvalue weighted by molar-refractivity contribution is 5.78. The Morgan fingerprint density at radius 1 is 1.29 bits per heavy atom. The van der Waals surface area contributed by atoms with E-state index in [1.54, 1.807) is 0 Å². The highest BCUT2D eigenvalue weighted by Crippen LogP contribution is 2.28. The number of alkyl halides is 3. The number of carbonyl (C=O) groups is 1. The van der Waals surface area contributed by atoms with Crippen molar-refractivity contribution in [3.05, 3.63) is 0 Å². The molecule has 100 valence electrons. The second-order valence-electron chi connectivity index (χ2n) is 4.41. The van der Waals surface area contributed by atoms with Gasteiger partial charge < -0.3 is 15.7 Å². The van der Waals surface area contributed by atoms with E-state index < -0.39 is 24.2 Å². The van der Waals surface area contributed by atoms with Crippen molar-refractivity contribution in [2.24, 2.45) is 0 Å². The predicted molar refractivity (Wildman–Crippen MR) is 55.4 cm³/mol. The molecular weight excluding hydrogens is 237 g/mol. The molecule has 0 radical (unpaired) electrons. The van der Waals surface area contributed by atoms with Crippen molar-refractivity contribution in [3.8, 4) is 0 Å². The van der Waals surface area contributed by atoms with Gasteiger partial charge in [-0.05, 0) is 12.8 Å². The third kappa shape index (κ3) is 4.91. The summed E-state index contributed by atoms with van der Waals surface area (Å²) in [5, 5.41) is 13.8. The van der Waals surface area contributed by atoms with Crippen LogP contribution in [0.15, 0.2) is 0 Å². The van der Waals surface area contributed by atoms with Gasteiger partial charge in [0.05, 0.1) is 25.2 Å². The van der Waals surface area contributed by atoms with Crippen LogP contribution in [0.5, 0.6) is 0 Å². The maximum Gasteiger partial charge on any atom is 0.401 e. The van der Waals surface area contributed by atoms with Gasteiger partial charge in [-0.25, -0.2) is 0 Å². The van der Waals surface area contributed by atoms with Crippen LogP contribution >= 0.6 is 0 Å². The zero-order valence-corrected chi connectivity index (χ0v) is 9.44. The van der Waals surface area contributed by atoms with Crippen LogP contribution in [0.4, 0.5) is 13.2 Å². The Hall–Kier alpha value is -0.820. The molecule has 1 saturated carbocycles. The smallest absolute Gasteiger partial charge is 0.394 e. The number of amides is 1. The maximum absolute atomic E-state index is 11.8. The molecule has 0 aliphatic heterocycles. The SMILES string of the molecule is O=C(CNCC(F)(F)F)NC1(CO)CCCC1. The summed E-state index contributed by atoms with van der Waals surface area (Å²) in [5.74, 6) is -0.509. The van der Waals surface area contributed by atoms with Crippen molar-refractivity contribution in [1.29, 1.82) is 0 Å². The minimum atomic E-state index is -4.32. The minimum Gasteiger partial charge on any atom is -0.394 e. The molecule has 0 aromatic rings. The summed E-state index contributed by atoms with van der Waals surface area (Å²) in [6.07, 6.45) is -1.14. The van der Waals surface area contributed by atoms with E-state index in [0.717, 1.165) is 12.8 Å². The van der Waals surface area contributed by atoms with Crippen LogP contribution < -0.4 is 10.6 Å². The van der Waals surface area contributed by atoms with Crippen molar-refractivity contribution in [2.45, 2.75) is 37.4 Å². The Kier molecular flexibility index (Phi) is 4.76. The molecule has 17 heavy (non-hydrogen) atoms. The van der Waals surface area contributed by atoms with Gasteiger partial charge >= 0.3 is 6.18 Å². The fraction of sp³-hybridized carbons (Fsp3) is 0.900. The van der Waals surface area contributed by atoms with Crippen molar-refractivity contribution < 1.29 is 23.1 Å². The Morgan fingerprint density at radius 2 is 1.88 bits per heavy atom. The standard InChI is InChI=1S/C10H17F3N2O2/c11-10(12,13)6-14-5-8(17)15-9(7-16)3-1-2-4-9/h14,16H,1-7H2,(H,15,17). The second-order valence-corrected chi connectivity index (χ2v) is 4.41. The lowest BCUT2D eigenvalue weighted by atomic mass is 9.99. The quantitative estimate of drug-likeness (QED) is 0.672. The molecule has 0 aromatic carbocycles. The lowest BCUT2D eigenvalue weighted by Gasteiger charge is -2.28. The minimum absolute atomic E-state index is 0.169. The largest absolute Gasteiger partial charge is 0.401 e. The number of carbonyl (C=O) groups excluding carboxylic acids is 1. The van der Waals surface area contributed by atoms with Gasteiger partial charge in [0.2, 0.25) is 5.91 Å². The molecular formula is C10H17F3N2O2. The molecule has 1 amide bonds. The molecule has 1 rings (SSSR count). The van der Waals surface area contributed by atoms with Crippen LogP contribution in [0.2, 0.25) is 0 Å². The third-order valence-corrected chi connectivity index (χ3v) is 2.88. The van der Waals surface area contributed by atoms with E-state index in [9.17, 15) is 23.1 Å². The average Bonchev–Trinajstić information content (AvgIpc) is 2.65. The summed E-state index contributed by atoms with van der Waals surface area (Å²) in [5.41, 5.74) is -0.628. The summed E-state index contributed by atoms with van der Waals surface area (Å²) in [6, 6.07) is 0. The van der Waals surface area contributed by atoms with Crippen LogP contribution in [0.1, 0.15) is 25.7 Å². The van der Waals surface area contributed by atoms with E-state index in [2.05, 4.69) is 5.32 Å². The summed E-state index contributed by atoms with van der Waals surface area (Å²) in [4.78, 5) is 11.4. The molecule has 0 spiro atoms. The zero-order valence-electron chi connectivity index (χ0n) is 9.44. The molecule has 4 nitrogen and oxygen atoms in total. The number of aliphatic hydroxyl groups excluding tert-OH is 1. The molecule has 3 N–H and O–H groups in total. The number of halogens is 3. The number of nitrogens with one attached hydrogen (secondary N) is 2. The summed E-state index contributed by atoms with van der Waals surface area (Å²) in [6.45, 7) is -1.74. The summed E-state index contributed by atoms with van der Waals surface area (Å²) in [7, 11) is 0. The second kappa shape index (κ2) is 5.68. The van der Waals surface area contributed by atoms with E-state index in [4.69, 9.17) is 0 Å². The third-order valence-electron chi connectivity index (χ3n) is 2.88. The molecule has 0 heterocycles. The number of rotatable bonds is 5. The topological polar surface area (TPSA) is 61.4 Å². The van der Waals surface area contributed by atoms with Crippen LogP contribution in [-0.4, -0.2) is 42.4 Å². The molecule has 1 aliphatic rings. The Bertz CT molecular complexity index is 263. The van der Waals surface area contributed by atoms with Gasteiger partial charge in [-0.3, -0.25) is 4.79 Å². The van der Waals surface area contributed by atoms with Crippen LogP contribution in [0.3, 0.4) is 0 Å². The first-order valence-electron chi connectivity index (χ1n) is 5.56. The van der Waals surface area contributed by atoms with Crippen molar-refractivity contribution >= 4 is 5.91 Å². The predicted octanol–water partition coefficient (Wildman–Crippen LogP) is 0.560. The highest BCUT2D eigenvalue weighted by Gasteiger charge is 2.34. The fourth-order valence-electron chi connectivity index (χ4n) is 2.03. The van der Waals surface area contributed by atoms with Crippen molar-refractivity contribution in [1.82, 2.24) is 10.6 Å². The lowest BCUT2D eigenvalue weighted by molar-refractivity contribution is -0.129. The van der Waals surface area contributed by atoms with Crippen LogP contribution in [-0.2, 0) is 4.79 Å². The van der Waals surface area contributed by atoms with Crippen LogP contribution in [0, 0.1) is 0 Å². The summed E-state index contributed by atoms with van der Waals surface area (Å²) < 4.78 is 35.5. The molecule has 0 bridgehead atoms. The van der Waals surface area contributed by atoms with E-state index in [1.807, 2.05) is 5.32 Å². The van der Waals surface area contributed by atoms with E-state index in [0.29, 0.717) is 12.8 Å². The average molecular weight is 254 g/mol. The first-order chi connectivity index (χ1) is 7.87. The summed E-state index contributed by atoms with van der Waals surface area (Å²) >= 11 is 0. The Balaban J connectivity index is 2.29. The molecule has 0 atom stereocenters. The number of aliphatic hydroxyl groups is 1. The Morgan fingerprint density at radius 3 is 2.35 bits per heavy atom. The molecule has 1 aliphatic carbocycles. The van der Waals surface area contributed by atoms with Gasteiger partial charge in [-0.1, -0.05) is 12.8 Å². The Labute approximate surface area is 97.6 Å². The highest BCUT2D eigenvalue weighted by atomic mass is 19.4. The lowest BCUT2D eigenvalue weighted by Crippen LogP contribution is -2.52. The maximum atomic E-state index is 11.8. The van der Waals surface area contributed by atoms with Crippen LogP contribution in [0.25, 0.3) is 0 Å². The van der Waals surface area contributed by atoms with Gasteiger partial charge in [0.25, 0.3) is 0 Å². The number of hydrogen-bond donors (Lipinski definition) is 3. The first kappa shape index (κ1) is 14.2. The van der Waals surface area contributed by atoms with E-state index in [1.165, 1.54) is 0 Å². The van der Waals surface area contributed by atoms with Crippen molar-refractivity contribution in [3.63, 3.8) is 0 Å². The van der Waals surface area contributed by atoms with Gasteiger partial charge in [0.1, 0.15) is 0 Å². The molecule has 7 heteroatoms. The normalized spacial score (nSPS) is 19.3. The number of hydrogen-bond acceptors (Lipinski definition) is 3. The first-order valence-corrected chi connectivity index (χ1v) is 5.56. The molecule has 1 fully saturated rings. The van der Waals surface area contributed by atoms with E-state index in [-0.39, 0.29) is 13.2 Å². The van der Waals surface area contributed by atoms with Crippen molar-refractivity contribution in [2.75, 3.05) is 19.7 Å². The molecule has 0 unspecified atom stereocenters. The zero-order chi connectivity index (χ0) is 12.9. The monoisotopic (exact) mass is 254 g/mol.